The summed E-state index contributed by atoms with van der Waals surface area (Å²) in [4.78, 5) is 11.5. The van der Waals surface area contributed by atoms with Gasteiger partial charge < -0.3 is 55.9 Å². The lowest BCUT2D eigenvalue weighted by molar-refractivity contribution is -0.266. The van der Waals surface area contributed by atoms with E-state index in [1.165, 1.54) is 6.92 Å². The first kappa shape index (κ1) is 24.3. The summed E-state index contributed by atoms with van der Waals surface area (Å²) in [6.07, 6.45) is -10.1. The first-order valence-electron chi connectivity index (χ1n) is 9.53. The smallest absolute Gasteiger partial charge is 0.217 e. The third-order valence-electron chi connectivity index (χ3n) is 5.27. The van der Waals surface area contributed by atoms with E-state index < -0.39 is 86.3 Å². The van der Waals surface area contributed by atoms with Crippen molar-refractivity contribution in [2.24, 2.45) is 5.73 Å². The number of carbonyl (C=O) groups is 1. The zero-order valence-corrected chi connectivity index (χ0v) is 16.4. The normalized spacial score (nSPS) is 44.3. The highest BCUT2D eigenvalue weighted by Crippen LogP contribution is 2.27. The number of hydrogen-bond acceptors (Lipinski definition) is 11. The van der Waals surface area contributed by atoms with E-state index in [1.807, 2.05) is 0 Å². The van der Waals surface area contributed by atoms with Crippen LogP contribution < -0.4 is 11.1 Å². The van der Waals surface area contributed by atoms with E-state index in [-0.39, 0.29) is 6.42 Å². The third kappa shape index (κ3) is 5.61. The van der Waals surface area contributed by atoms with E-state index in [1.54, 1.807) is 6.92 Å². The van der Waals surface area contributed by atoms with E-state index in [2.05, 4.69) is 5.32 Å². The zero-order valence-electron chi connectivity index (χ0n) is 16.4. The summed E-state index contributed by atoms with van der Waals surface area (Å²) >= 11 is 0. The summed E-state index contributed by atoms with van der Waals surface area (Å²) in [5, 5.41) is 61.8. The van der Waals surface area contributed by atoms with Crippen molar-refractivity contribution >= 4 is 5.91 Å². The SMILES string of the molecule is CC(=O)N[C@H]1C(CC(C)O[C@@H]2[C@@H](N)[C@@H](O)O[C@H](CO)[C@H]2O)O[C@H](CO)[C@@H](O)[C@@H]1O. The van der Waals surface area contributed by atoms with Crippen molar-refractivity contribution in [1.82, 2.24) is 5.32 Å². The molecule has 2 rings (SSSR count). The lowest BCUT2D eigenvalue weighted by Gasteiger charge is -2.45. The molecule has 2 aliphatic heterocycles. The molecular formula is C17H32N2O10. The summed E-state index contributed by atoms with van der Waals surface area (Å²) in [5.41, 5.74) is 5.85. The molecule has 0 saturated carbocycles. The molecule has 2 unspecified atom stereocenters. The molecule has 12 nitrogen and oxygen atoms in total. The molecule has 12 heteroatoms. The molecule has 2 saturated heterocycles. The first-order valence-corrected chi connectivity index (χ1v) is 9.53. The Morgan fingerprint density at radius 3 is 2.17 bits per heavy atom. The predicted octanol–water partition coefficient (Wildman–Crippen LogP) is -4.47. The van der Waals surface area contributed by atoms with Crippen LogP contribution in [0.2, 0.25) is 0 Å². The van der Waals surface area contributed by atoms with Crippen molar-refractivity contribution in [1.29, 1.82) is 0 Å². The van der Waals surface area contributed by atoms with Crippen molar-refractivity contribution in [3.05, 3.63) is 0 Å². The average Bonchev–Trinajstić information content (AvgIpc) is 2.67. The molecular weight excluding hydrogens is 392 g/mol. The van der Waals surface area contributed by atoms with Gasteiger partial charge in [0, 0.05) is 13.3 Å². The van der Waals surface area contributed by atoms with Gasteiger partial charge in [-0.3, -0.25) is 4.79 Å². The highest BCUT2D eigenvalue weighted by Gasteiger charge is 2.47. The fraction of sp³-hybridized carbons (Fsp3) is 0.941. The molecule has 0 radical (unpaired) electrons. The summed E-state index contributed by atoms with van der Waals surface area (Å²) in [5.74, 6) is -0.443. The lowest BCUT2D eigenvalue weighted by atomic mass is 9.90. The number of aliphatic hydroxyl groups excluding tert-OH is 6. The van der Waals surface area contributed by atoms with Gasteiger partial charge in [-0.2, -0.15) is 0 Å². The average molecular weight is 424 g/mol. The first-order chi connectivity index (χ1) is 13.6. The van der Waals surface area contributed by atoms with E-state index in [9.17, 15) is 35.4 Å². The Labute approximate surface area is 168 Å². The second kappa shape index (κ2) is 10.4. The molecule has 29 heavy (non-hydrogen) atoms. The maximum absolute atomic E-state index is 11.5. The molecule has 0 aromatic rings. The number of ether oxygens (including phenoxy) is 3. The van der Waals surface area contributed by atoms with Crippen molar-refractivity contribution < 1.29 is 49.6 Å². The van der Waals surface area contributed by atoms with Gasteiger partial charge in [-0.15, -0.1) is 0 Å². The van der Waals surface area contributed by atoms with Crippen LogP contribution in [0, 0.1) is 0 Å². The molecule has 2 fully saturated rings. The Kier molecular flexibility index (Phi) is 8.72. The highest BCUT2D eigenvalue weighted by atomic mass is 16.6. The molecule has 2 aliphatic rings. The largest absolute Gasteiger partial charge is 0.394 e. The van der Waals surface area contributed by atoms with Crippen molar-refractivity contribution in [2.75, 3.05) is 13.2 Å². The zero-order chi connectivity index (χ0) is 21.9. The highest BCUT2D eigenvalue weighted by molar-refractivity contribution is 5.73. The number of carbonyl (C=O) groups excluding carboxylic acids is 1. The molecule has 0 aromatic carbocycles. The van der Waals surface area contributed by atoms with Crippen molar-refractivity contribution in [3.8, 4) is 0 Å². The standard InChI is InChI=1S/C17H32N2O10/c1-6(27-16-11(18)17(26)29-10(5-21)14(16)24)3-8-12(19-7(2)22)15(25)13(23)9(4-20)28-8/h6,8-17,20-21,23-26H,3-5,18H2,1-2H3,(H,19,22)/t6?,8?,9-,10-,11-,12+,13-,14-,15-,16-,17+/m1/s1. The number of rotatable bonds is 7. The quantitative estimate of drug-likeness (QED) is 0.196. The van der Waals surface area contributed by atoms with Crippen LogP contribution in [0.1, 0.15) is 20.3 Å². The van der Waals surface area contributed by atoms with E-state index in [0.717, 1.165) is 0 Å². The van der Waals surface area contributed by atoms with Crippen LogP contribution >= 0.6 is 0 Å². The topological polar surface area (TPSA) is 204 Å². The monoisotopic (exact) mass is 424 g/mol. The maximum atomic E-state index is 11.5. The van der Waals surface area contributed by atoms with Gasteiger partial charge in [-0.05, 0) is 6.92 Å². The molecule has 0 spiro atoms. The molecule has 0 bridgehead atoms. The van der Waals surface area contributed by atoms with E-state index in [4.69, 9.17) is 19.9 Å². The van der Waals surface area contributed by atoms with Crippen LogP contribution in [0.25, 0.3) is 0 Å². The summed E-state index contributed by atoms with van der Waals surface area (Å²) in [6, 6.07) is -2.04. The Bertz CT molecular complexity index is 540. The van der Waals surface area contributed by atoms with Crippen LogP contribution in [0.4, 0.5) is 0 Å². The third-order valence-corrected chi connectivity index (χ3v) is 5.27. The second-order valence-electron chi connectivity index (χ2n) is 7.57. The summed E-state index contributed by atoms with van der Waals surface area (Å²) < 4.78 is 16.5. The number of aliphatic hydroxyl groups is 6. The number of hydrogen-bond donors (Lipinski definition) is 8. The molecule has 11 atom stereocenters. The number of amides is 1. The van der Waals surface area contributed by atoms with Gasteiger partial charge in [0.25, 0.3) is 0 Å². The molecule has 2 heterocycles. The number of nitrogens with one attached hydrogen (secondary N) is 1. The Balaban J connectivity index is 2.09. The van der Waals surface area contributed by atoms with Gasteiger partial charge in [0.1, 0.15) is 36.6 Å². The van der Waals surface area contributed by atoms with Gasteiger partial charge >= 0.3 is 0 Å². The van der Waals surface area contributed by atoms with Gasteiger partial charge in [-0.1, -0.05) is 0 Å². The minimum atomic E-state index is -1.44. The molecule has 0 aromatic heterocycles. The summed E-state index contributed by atoms with van der Waals surface area (Å²) in [6.45, 7) is 1.80. The molecule has 9 N–H and O–H groups in total. The van der Waals surface area contributed by atoms with Crippen LogP contribution in [0.15, 0.2) is 0 Å². The van der Waals surface area contributed by atoms with Crippen molar-refractivity contribution in [2.45, 2.75) is 87.5 Å². The molecule has 0 aliphatic carbocycles. The lowest BCUT2D eigenvalue weighted by Crippen LogP contribution is -2.65. The predicted molar refractivity (Wildman–Crippen MR) is 96.3 cm³/mol. The Morgan fingerprint density at radius 2 is 1.62 bits per heavy atom. The maximum Gasteiger partial charge on any atom is 0.217 e. The minimum absolute atomic E-state index is 0.0991. The Hall–Kier alpha value is -0.930. The summed E-state index contributed by atoms with van der Waals surface area (Å²) in [7, 11) is 0. The Morgan fingerprint density at radius 1 is 1.03 bits per heavy atom. The van der Waals surface area contributed by atoms with Crippen LogP contribution in [0.5, 0.6) is 0 Å². The van der Waals surface area contributed by atoms with Gasteiger partial charge in [0.05, 0.1) is 37.5 Å². The van der Waals surface area contributed by atoms with Gasteiger partial charge in [0.15, 0.2) is 6.29 Å². The molecule has 1 amide bonds. The van der Waals surface area contributed by atoms with Crippen LogP contribution in [-0.2, 0) is 19.0 Å². The molecule has 170 valence electrons. The number of nitrogens with two attached hydrogens (primary N) is 1. The van der Waals surface area contributed by atoms with Crippen LogP contribution in [-0.4, -0.2) is 117 Å². The minimum Gasteiger partial charge on any atom is -0.394 e. The van der Waals surface area contributed by atoms with Gasteiger partial charge in [-0.25, -0.2) is 0 Å². The fourth-order valence-electron chi connectivity index (χ4n) is 3.73. The van der Waals surface area contributed by atoms with Crippen molar-refractivity contribution in [3.63, 3.8) is 0 Å². The second-order valence-corrected chi connectivity index (χ2v) is 7.57. The fourth-order valence-corrected chi connectivity index (χ4v) is 3.73. The van der Waals surface area contributed by atoms with E-state index >= 15 is 0 Å². The van der Waals surface area contributed by atoms with Gasteiger partial charge in [0.2, 0.25) is 5.91 Å². The van der Waals surface area contributed by atoms with E-state index in [0.29, 0.717) is 0 Å². The van der Waals surface area contributed by atoms with Crippen LogP contribution in [0.3, 0.4) is 0 Å².